The third kappa shape index (κ3) is 3.81. The van der Waals surface area contributed by atoms with E-state index in [-0.39, 0.29) is 17.3 Å². The molecule has 0 bridgehead atoms. The molecule has 1 heterocycles. The molecule has 17 heavy (non-hydrogen) atoms. The first-order valence-electron chi connectivity index (χ1n) is 4.74. The fourth-order valence-electron chi connectivity index (χ4n) is 1.03. The minimum atomic E-state index is -1.02. The molecule has 0 fully saturated rings. The molecule has 0 aliphatic heterocycles. The van der Waals surface area contributed by atoms with Crippen LogP contribution in [0.2, 0.25) is 0 Å². The maximum Gasteiger partial charge on any atom is 0.346 e. The molecule has 0 saturated carbocycles. The fraction of sp³-hybridized carbons (Fsp3) is 0.273. The Morgan fingerprint density at radius 2 is 2.41 bits per heavy atom. The van der Waals surface area contributed by atoms with Crippen LogP contribution in [0, 0.1) is 12.3 Å². The number of carboxylic acid groups (broad SMARTS) is 1. The zero-order valence-electron chi connectivity index (χ0n) is 9.10. The zero-order valence-corrected chi connectivity index (χ0v) is 9.91. The van der Waals surface area contributed by atoms with E-state index < -0.39 is 12.1 Å². The summed E-state index contributed by atoms with van der Waals surface area (Å²) in [7, 11) is 0. The van der Waals surface area contributed by atoms with E-state index in [1.165, 1.54) is 11.4 Å². The SMILES string of the molecule is C#CCNC(=O)C(C)Oc1csc(C(=O)O)c1. The van der Waals surface area contributed by atoms with E-state index >= 15 is 0 Å². The van der Waals surface area contributed by atoms with Crippen molar-refractivity contribution in [2.24, 2.45) is 0 Å². The predicted octanol–water partition coefficient (Wildman–Crippen LogP) is 0.963. The molecule has 90 valence electrons. The molecule has 1 amide bonds. The highest BCUT2D eigenvalue weighted by Gasteiger charge is 2.15. The van der Waals surface area contributed by atoms with E-state index in [1.807, 2.05) is 0 Å². The second-order valence-electron chi connectivity index (χ2n) is 3.13. The molecule has 0 aliphatic rings. The monoisotopic (exact) mass is 253 g/mol. The Bertz CT molecular complexity index is 460. The van der Waals surface area contributed by atoms with Gasteiger partial charge in [-0.25, -0.2) is 4.79 Å². The predicted molar refractivity (Wildman–Crippen MR) is 63.2 cm³/mol. The van der Waals surface area contributed by atoms with Gasteiger partial charge in [0.15, 0.2) is 6.10 Å². The van der Waals surface area contributed by atoms with Crippen LogP contribution >= 0.6 is 11.3 Å². The Balaban J connectivity index is 2.55. The lowest BCUT2D eigenvalue weighted by atomic mass is 10.3. The number of hydrogen-bond donors (Lipinski definition) is 2. The summed E-state index contributed by atoms with van der Waals surface area (Å²) < 4.78 is 5.27. The van der Waals surface area contributed by atoms with Gasteiger partial charge < -0.3 is 15.2 Å². The van der Waals surface area contributed by atoms with Crippen LogP contribution < -0.4 is 10.1 Å². The molecule has 0 radical (unpaired) electrons. The van der Waals surface area contributed by atoms with Crippen LogP contribution in [0.15, 0.2) is 11.4 Å². The van der Waals surface area contributed by atoms with Gasteiger partial charge in [0, 0.05) is 11.4 Å². The number of carbonyl (C=O) groups excluding carboxylic acids is 1. The molecular formula is C11H11NO4S. The van der Waals surface area contributed by atoms with Gasteiger partial charge in [-0.3, -0.25) is 4.79 Å². The van der Waals surface area contributed by atoms with Crippen LogP contribution in [0.4, 0.5) is 0 Å². The average Bonchev–Trinajstić information content (AvgIpc) is 2.74. The number of aromatic carboxylic acids is 1. The number of carbonyl (C=O) groups is 2. The number of terminal acetylenes is 1. The van der Waals surface area contributed by atoms with Gasteiger partial charge in [-0.05, 0) is 6.92 Å². The van der Waals surface area contributed by atoms with E-state index in [9.17, 15) is 9.59 Å². The van der Waals surface area contributed by atoms with Gasteiger partial charge in [-0.15, -0.1) is 17.8 Å². The van der Waals surface area contributed by atoms with Crippen LogP contribution in [-0.2, 0) is 4.79 Å². The zero-order chi connectivity index (χ0) is 12.8. The van der Waals surface area contributed by atoms with Crippen molar-refractivity contribution in [3.63, 3.8) is 0 Å². The molecule has 6 heteroatoms. The van der Waals surface area contributed by atoms with Crippen molar-refractivity contribution >= 4 is 23.2 Å². The topological polar surface area (TPSA) is 75.6 Å². The molecule has 1 aromatic heterocycles. The number of amides is 1. The summed E-state index contributed by atoms with van der Waals surface area (Å²) in [5, 5.41) is 12.7. The Kier molecular flexibility index (Phi) is 4.55. The van der Waals surface area contributed by atoms with E-state index in [0.717, 1.165) is 11.3 Å². The number of hydrogen-bond acceptors (Lipinski definition) is 4. The van der Waals surface area contributed by atoms with Gasteiger partial charge in [0.25, 0.3) is 5.91 Å². The van der Waals surface area contributed by atoms with Gasteiger partial charge in [-0.2, -0.15) is 0 Å². The number of carboxylic acids is 1. The summed E-state index contributed by atoms with van der Waals surface area (Å²) in [5.41, 5.74) is 0. The van der Waals surface area contributed by atoms with Gasteiger partial charge in [0.1, 0.15) is 10.6 Å². The normalized spacial score (nSPS) is 11.3. The van der Waals surface area contributed by atoms with Crippen LogP contribution in [0.5, 0.6) is 5.75 Å². The van der Waals surface area contributed by atoms with Crippen LogP contribution in [0.25, 0.3) is 0 Å². The third-order valence-electron chi connectivity index (χ3n) is 1.83. The Hall–Kier alpha value is -2.00. The highest BCUT2D eigenvalue weighted by molar-refractivity contribution is 7.12. The fourth-order valence-corrected chi connectivity index (χ4v) is 1.68. The third-order valence-corrected chi connectivity index (χ3v) is 2.73. The molecule has 0 aliphatic carbocycles. The van der Waals surface area contributed by atoms with Gasteiger partial charge in [0.2, 0.25) is 0 Å². The first kappa shape index (κ1) is 13.1. The molecule has 0 spiro atoms. The summed E-state index contributed by atoms with van der Waals surface area (Å²) in [6.45, 7) is 1.69. The summed E-state index contributed by atoms with van der Waals surface area (Å²) >= 11 is 1.04. The summed E-state index contributed by atoms with van der Waals surface area (Å²) in [5.74, 6) is 1.27. The summed E-state index contributed by atoms with van der Waals surface area (Å²) in [6.07, 6.45) is 4.27. The Morgan fingerprint density at radius 1 is 1.71 bits per heavy atom. The Morgan fingerprint density at radius 3 is 2.94 bits per heavy atom. The number of thiophene rings is 1. The molecule has 1 aromatic rings. The molecule has 0 aromatic carbocycles. The second kappa shape index (κ2) is 5.92. The van der Waals surface area contributed by atoms with Gasteiger partial charge >= 0.3 is 5.97 Å². The van der Waals surface area contributed by atoms with Crippen molar-refractivity contribution in [1.29, 1.82) is 0 Å². The molecular weight excluding hydrogens is 242 g/mol. The quantitative estimate of drug-likeness (QED) is 0.766. The standard InChI is InChI=1S/C11H11NO4S/c1-3-4-12-10(13)7(2)16-8-5-9(11(14)15)17-6-8/h1,5-7H,4H2,2H3,(H,12,13)(H,14,15). The van der Waals surface area contributed by atoms with E-state index in [1.54, 1.807) is 6.92 Å². The maximum atomic E-state index is 11.4. The van der Waals surface area contributed by atoms with E-state index in [0.29, 0.717) is 5.75 Å². The number of ether oxygens (including phenoxy) is 1. The Labute approximate surface area is 102 Å². The molecule has 0 saturated heterocycles. The van der Waals surface area contributed by atoms with E-state index in [2.05, 4.69) is 11.2 Å². The van der Waals surface area contributed by atoms with Crippen LogP contribution in [-0.4, -0.2) is 29.6 Å². The van der Waals surface area contributed by atoms with Gasteiger partial charge in [0.05, 0.1) is 6.54 Å². The number of nitrogens with one attached hydrogen (secondary N) is 1. The summed E-state index contributed by atoms with van der Waals surface area (Å²) in [4.78, 5) is 22.2. The lowest BCUT2D eigenvalue weighted by Crippen LogP contribution is -2.36. The van der Waals surface area contributed by atoms with Crippen molar-refractivity contribution in [2.75, 3.05) is 6.54 Å². The van der Waals surface area contributed by atoms with Crippen molar-refractivity contribution < 1.29 is 19.4 Å². The molecule has 5 nitrogen and oxygen atoms in total. The van der Waals surface area contributed by atoms with Crippen molar-refractivity contribution in [2.45, 2.75) is 13.0 Å². The maximum absolute atomic E-state index is 11.4. The minimum Gasteiger partial charge on any atom is -0.480 e. The van der Waals surface area contributed by atoms with Crippen molar-refractivity contribution in [1.82, 2.24) is 5.32 Å². The van der Waals surface area contributed by atoms with Gasteiger partial charge in [-0.1, -0.05) is 5.92 Å². The highest BCUT2D eigenvalue weighted by Crippen LogP contribution is 2.22. The largest absolute Gasteiger partial charge is 0.480 e. The average molecular weight is 253 g/mol. The van der Waals surface area contributed by atoms with Crippen molar-refractivity contribution in [3.8, 4) is 18.1 Å². The highest BCUT2D eigenvalue weighted by atomic mass is 32.1. The van der Waals surface area contributed by atoms with Crippen molar-refractivity contribution in [3.05, 3.63) is 16.3 Å². The van der Waals surface area contributed by atoms with E-state index in [4.69, 9.17) is 16.3 Å². The molecule has 1 rings (SSSR count). The smallest absolute Gasteiger partial charge is 0.346 e. The van der Waals surface area contributed by atoms with Crippen LogP contribution in [0.1, 0.15) is 16.6 Å². The molecule has 2 N–H and O–H groups in total. The lowest BCUT2D eigenvalue weighted by Gasteiger charge is -2.12. The lowest BCUT2D eigenvalue weighted by molar-refractivity contribution is -0.126. The number of rotatable bonds is 5. The minimum absolute atomic E-state index is 0.135. The molecule has 1 unspecified atom stereocenters. The first-order valence-corrected chi connectivity index (χ1v) is 5.62. The summed E-state index contributed by atoms with van der Waals surface area (Å²) in [6, 6.07) is 1.37. The molecule has 1 atom stereocenters. The second-order valence-corrected chi connectivity index (χ2v) is 4.05. The van der Waals surface area contributed by atoms with Crippen LogP contribution in [0.3, 0.4) is 0 Å². The first-order chi connectivity index (χ1) is 8.04.